The van der Waals surface area contributed by atoms with Gasteiger partial charge in [0, 0.05) is 16.7 Å². The fourth-order valence-electron chi connectivity index (χ4n) is 4.53. The summed E-state index contributed by atoms with van der Waals surface area (Å²) >= 11 is 0. The van der Waals surface area contributed by atoms with Gasteiger partial charge in [-0.2, -0.15) is 0 Å². The van der Waals surface area contributed by atoms with Crippen LogP contribution in [0.5, 0.6) is 17.2 Å². The number of nitrogens with two attached hydrogens (primary N) is 1. The van der Waals surface area contributed by atoms with Crippen molar-refractivity contribution in [2.75, 3.05) is 6.61 Å². The first-order valence-electron chi connectivity index (χ1n) is 11.2. The van der Waals surface area contributed by atoms with Crippen molar-refractivity contribution in [3.8, 4) is 17.2 Å². The zero-order chi connectivity index (χ0) is 22.7. The first-order chi connectivity index (χ1) is 13.8. The fourth-order valence-corrected chi connectivity index (χ4v) is 4.53. The predicted octanol–water partition coefficient (Wildman–Crippen LogP) is 7.77. The van der Waals surface area contributed by atoms with Crippen LogP contribution in [0.3, 0.4) is 0 Å². The van der Waals surface area contributed by atoms with Gasteiger partial charge in [0.2, 0.25) is 0 Å². The molecular weight excluding hydrogens is 406 g/mol. The number of benzene rings is 2. The SMILES string of the molecule is CCOc1c(CC)c(C(C)(C)N)cc(C(C)(C)CC(C)(C)C)c1Oc1ccccc1.Cl. The van der Waals surface area contributed by atoms with Crippen LogP contribution in [-0.2, 0) is 17.4 Å². The van der Waals surface area contributed by atoms with E-state index in [-0.39, 0.29) is 23.2 Å². The maximum Gasteiger partial charge on any atom is 0.173 e. The van der Waals surface area contributed by atoms with Crippen LogP contribution in [-0.4, -0.2) is 6.61 Å². The van der Waals surface area contributed by atoms with Gasteiger partial charge in [-0.1, -0.05) is 59.7 Å². The molecule has 0 radical (unpaired) electrons. The van der Waals surface area contributed by atoms with Crippen molar-refractivity contribution in [2.24, 2.45) is 11.1 Å². The lowest BCUT2D eigenvalue weighted by Crippen LogP contribution is -2.32. The Morgan fingerprint density at radius 3 is 1.87 bits per heavy atom. The molecule has 2 aromatic rings. The molecule has 174 valence electrons. The Balaban J connectivity index is 0.00000480. The number of hydrogen-bond donors (Lipinski definition) is 1. The molecule has 0 heterocycles. The lowest BCUT2D eigenvalue weighted by molar-refractivity contribution is 0.272. The molecule has 0 aliphatic rings. The van der Waals surface area contributed by atoms with Gasteiger partial charge in [-0.05, 0) is 68.2 Å². The van der Waals surface area contributed by atoms with E-state index in [1.165, 1.54) is 0 Å². The van der Waals surface area contributed by atoms with Crippen molar-refractivity contribution >= 4 is 12.4 Å². The molecule has 0 amide bonds. The molecule has 4 heteroatoms. The number of para-hydroxylation sites is 1. The molecule has 2 N–H and O–H groups in total. The van der Waals surface area contributed by atoms with Crippen LogP contribution in [0.15, 0.2) is 36.4 Å². The molecule has 0 spiro atoms. The average molecular weight is 448 g/mol. The summed E-state index contributed by atoms with van der Waals surface area (Å²) < 4.78 is 12.8. The van der Waals surface area contributed by atoms with Crippen LogP contribution in [0, 0.1) is 5.41 Å². The van der Waals surface area contributed by atoms with E-state index in [2.05, 4.69) is 61.5 Å². The highest BCUT2D eigenvalue weighted by molar-refractivity contribution is 5.85. The highest BCUT2D eigenvalue weighted by Crippen LogP contribution is 2.49. The van der Waals surface area contributed by atoms with Crippen LogP contribution in [0.25, 0.3) is 0 Å². The summed E-state index contributed by atoms with van der Waals surface area (Å²) in [5.41, 5.74) is 9.62. The Morgan fingerprint density at radius 2 is 1.42 bits per heavy atom. The van der Waals surface area contributed by atoms with E-state index in [9.17, 15) is 0 Å². The van der Waals surface area contributed by atoms with Crippen LogP contribution >= 0.6 is 12.4 Å². The summed E-state index contributed by atoms with van der Waals surface area (Å²) in [5, 5.41) is 0. The zero-order valence-corrected chi connectivity index (χ0v) is 21.7. The molecule has 0 saturated heterocycles. The molecule has 0 saturated carbocycles. The summed E-state index contributed by atoms with van der Waals surface area (Å²) in [4.78, 5) is 0. The molecule has 3 nitrogen and oxygen atoms in total. The van der Waals surface area contributed by atoms with Crippen molar-refractivity contribution < 1.29 is 9.47 Å². The Kier molecular flexibility index (Phi) is 9.05. The van der Waals surface area contributed by atoms with Crippen LogP contribution in [0.4, 0.5) is 0 Å². The van der Waals surface area contributed by atoms with E-state index in [4.69, 9.17) is 15.2 Å². The van der Waals surface area contributed by atoms with Gasteiger partial charge in [-0.15, -0.1) is 12.4 Å². The van der Waals surface area contributed by atoms with Gasteiger partial charge in [-0.25, -0.2) is 0 Å². The lowest BCUT2D eigenvalue weighted by Gasteiger charge is -2.37. The molecule has 2 aromatic carbocycles. The first-order valence-corrected chi connectivity index (χ1v) is 11.2. The van der Waals surface area contributed by atoms with Crippen LogP contribution in [0.1, 0.15) is 85.4 Å². The Hall–Kier alpha value is -1.71. The molecule has 2 rings (SSSR count). The minimum Gasteiger partial charge on any atom is -0.490 e. The van der Waals surface area contributed by atoms with Crippen LogP contribution < -0.4 is 15.2 Å². The third-order valence-electron chi connectivity index (χ3n) is 5.34. The second-order valence-corrected chi connectivity index (χ2v) is 10.7. The quantitative estimate of drug-likeness (QED) is 0.449. The Labute approximate surface area is 196 Å². The number of halogens is 1. The summed E-state index contributed by atoms with van der Waals surface area (Å²) in [6, 6.07) is 12.2. The predicted molar refractivity (Wildman–Crippen MR) is 135 cm³/mol. The summed E-state index contributed by atoms with van der Waals surface area (Å²) in [6.45, 7) is 20.3. The van der Waals surface area contributed by atoms with Crippen molar-refractivity contribution in [3.63, 3.8) is 0 Å². The molecule has 0 unspecified atom stereocenters. The minimum absolute atomic E-state index is 0. The first kappa shape index (κ1) is 27.3. The smallest absolute Gasteiger partial charge is 0.173 e. The van der Waals surface area contributed by atoms with Gasteiger partial charge < -0.3 is 15.2 Å². The third kappa shape index (κ3) is 6.89. The van der Waals surface area contributed by atoms with E-state index in [1.807, 2.05) is 37.3 Å². The van der Waals surface area contributed by atoms with Crippen molar-refractivity contribution in [1.82, 2.24) is 0 Å². The fraction of sp³-hybridized carbons (Fsp3) is 0.556. The second kappa shape index (κ2) is 10.3. The van der Waals surface area contributed by atoms with Crippen molar-refractivity contribution in [2.45, 2.75) is 86.1 Å². The maximum atomic E-state index is 6.64. The largest absolute Gasteiger partial charge is 0.490 e. The topological polar surface area (TPSA) is 44.5 Å². The van der Waals surface area contributed by atoms with E-state index in [0.29, 0.717) is 6.61 Å². The maximum absolute atomic E-state index is 6.64. The van der Waals surface area contributed by atoms with Gasteiger partial charge in [0.25, 0.3) is 0 Å². The summed E-state index contributed by atoms with van der Waals surface area (Å²) in [6.07, 6.45) is 1.84. The summed E-state index contributed by atoms with van der Waals surface area (Å²) in [7, 11) is 0. The highest BCUT2D eigenvalue weighted by Gasteiger charge is 2.35. The number of rotatable bonds is 8. The van der Waals surface area contributed by atoms with Gasteiger partial charge in [0.1, 0.15) is 5.75 Å². The second-order valence-electron chi connectivity index (χ2n) is 10.7. The van der Waals surface area contributed by atoms with Crippen LogP contribution in [0.2, 0.25) is 0 Å². The molecule has 0 atom stereocenters. The Bertz CT molecular complexity index is 846. The Morgan fingerprint density at radius 1 is 0.839 bits per heavy atom. The third-order valence-corrected chi connectivity index (χ3v) is 5.34. The molecule has 0 aliphatic carbocycles. The molecule has 0 aromatic heterocycles. The van der Waals surface area contributed by atoms with E-state index in [0.717, 1.165) is 46.8 Å². The zero-order valence-electron chi connectivity index (χ0n) is 20.9. The van der Waals surface area contributed by atoms with Crippen molar-refractivity contribution in [1.29, 1.82) is 0 Å². The monoisotopic (exact) mass is 447 g/mol. The van der Waals surface area contributed by atoms with Gasteiger partial charge in [0.05, 0.1) is 6.61 Å². The van der Waals surface area contributed by atoms with E-state index < -0.39 is 5.54 Å². The normalized spacial score (nSPS) is 12.3. The van der Waals surface area contributed by atoms with Gasteiger partial charge in [0.15, 0.2) is 11.5 Å². The molecule has 0 bridgehead atoms. The molecule has 0 fully saturated rings. The van der Waals surface area contributed by atoms with Crippen molar-refractivity contribution in [3.05, 3.63) is 53.1 Å². The van der Waals surface area contributed by atoms with Gasteiger partial charge >= 0.3 is 0 Å². The minimum atomic E-state index is -0.477. The molecule has 0 aliphatic heterocycles. The standard InChI is InChI=1S/C27H41NO2.ClH/c1-10-20-21(27(8,9)28)17-22(26(6,7)18-25(3,4)5)24(23(20)29-11-2)30-19-15-13-12-14-16-19;/h12-17H,10-11,18,28H2,1-9H3;1H. The number of ether oxygens (including phenoxy) is 2. The van der Waals surface area contributed by atoms with E-state index >= 15 is 0 Å². The highest BCUT2D eigenvalue weighted by atomic mass is 35.5. The lowest BCUT2D eigenvalue weighted by atomic mass is 9.70. The summed E-state index contributed by atoms with van der Waals surface area (Å²) in [5.74, 6) is 2.46. The van der Waals surface area contributed by atoms with Gasteiger partial charge in [-0.3, -0.25) is 0 Å². The average Bonchev–Trinajstić information content (AvgIpc) is 2.60. The van der Waals surface area contributed by atoms with E-state index in [1.54, 1.807) is 0 Å². The molecular formula is C27H42ClNO2. The molecule has 31 heavy (non-hydrogen) atoms. The number of hydrogen-bond acceptors (Lipinski definition) is 3.